The van der Waals surface area contributed by atoms with Crippen LogP contribution in [-0.4, -0.2) is 54.1 Å². The van der Waals surface area contributed by atoms with Crippen molar-refractivity contribution in [2.45, 2.75) is 30.9 Å². The number of urea groups is 1. The molecule has 0 heterocycles. The maximum atomic E-state index is 11.4. The number of carboxylic acids is 1. The number of carboxylic acid groups (broad SMARTS) is 1. The first-order valence-corrected chi connectivity index (χ1v) is 5.46. The molecule has 1 rings (SSSR count). The van der Waals surface area contributed by atoms with Gasteiger partial charge in [0.15, 0.2) is 6.04 Å². The quantitative estimate of drug-likeness (QED) is 0.495. The van der Waals surface area contributed by atoms with Gasteiger partial charge in [-0.05, 0) is 19.3 Å². The zero-order chi connectivity index (χ0) is 12.9. The molecule has 0 saturated heterocycles. The Bertz CT molecular complexity index is 285. The van der Waals surface area contributed by atoms with Gasteiger partial charge in [0.25, 0.3) is 0 Å². The molecule has 0 aliphatic heterocycles. The molecule has 0 aromatic rings. The van der Waals surface area contributed by atoms with Gasteiger partial charge in [-0.3, -0.25) is 0 Å². The highest BCUT2D eigenvalue weighted by atomic mass is 16.5. The third kappa shape index (κ3) is 3.57. The summed E-state index contributed by atoms with van der Waals surface area (Å²) in [7, 11) is 1.59. The lowest BCUT2D eigenvalue weighted by Crippen LogP contribution is -2.54. The maximum absolute atomic E-state index is 11.4. The van der Waals surface area contributed by atoms with Gasteiger partial charge in [-0.15, -0.1) is 0 Å². The van der Waals surface area contributed by atoms with E-state index >= 15 is 0 Å². The third-order valence-electron chi connectivity index (χ3n) is 3.05. The molecule has 17 heavy (non-hydrogen) atoms. The monoisotopic (exact) mass is 246 g/mol. The number of carbonyl (C=O) groups excluding carboxylic acids is 1. The highest BCUT2D eigenvalue weighted by Gasteiger charge is 2.37. The molecule has 98 valence electrons. The van der Waals surface area contributed by atoms with Gasteiger partial charge < -0.3 is 25.6 Å². The summed E-state index contributed by atoms with van der Waals surface area (Å²) in [4.78, 5) is 21.9. The maximum Gasteiger partial charge on any atom is 0.328 e. The second kappa shape index (κ2) is 5.83. The first kappa shape index (κ1) is 13.7. The van der Waals surface area contributed by atoms with E-state index in [0.29, 0.717) is 6.54 Å². The number of ether oxygens (including phenoxy) is 1. The average Bonchev–Trinajstić information content (AvgIpc) is 2.24. The summed E-state index contributed by atoms with van der Waals surface area (Å²) in [5.41, 5.74) is -0.310. The van der Waals surface area contributed by atoms with E-state index in [4.69, 9.17) is 14.9 Å². The molecule has 1 aliphatic carbocycles. The predicted octanol–water partition coefficient (Wildman–Crippen LogP) is -0.700. The van der Waals surface area contributed by atoms with E-state index in [1.54, 1.807) is 7.11 Å². The Balaban J connectivity index is 2.32. The van der Waals surface area contributed by atoms with E-state index in [-0.39, 0.29) is 5.60 Å². The van der Waals surface area contributed by atoms with Crippen LogP contribution in [0.1, 0.15) is 19.3 Å². The molecule has 0 radical (unpaired) electrons. The van der Waals surface area contributed by atoms with Crippen LogP contribution in [0.3, 0.4) is 0 Å². The van der Waals surface area contributed by atoms with Crippen LogP contribution >= 0.6 is 0 Å². The summed E-state index contributed by atoms with van der Waals surface area (Å²) in [6.07, 6.45) is 2.82. The van der Waals surface area contributed by atoms with Crippen LogP contribution in [-0.2, 0) is 9.53 Å². The van der Waals surface area contributed by atoms with E-state index in [9.17, 15) is 9.59 Å². The summed E-state index contributed by atoms with van der Waals surface area (Å²) in [6, 6.07) is -1.90. The van der Waals surface area contributed by atoms with Gasteiger partial charge in [-0.2, -0.15) is 0 Å². The number of aliphatic hydroxyl groups is 1. The Morgan fingerprint density at radius 3 is 2.47 bits per heavy atom. The lowest BCUT2D eigenvalue weighted by molar-refractivity contribution is -0.140. The SMILES string of the molecule is COC1(CNC(=O)N[C@@H](CO)C(=O)O)CCC1. The molecular weight excluding hydrogens is 228 g/mol. The number of rotatable bonds is 6. The van der Waals surface area contributed by atoms with Gasteiger partial charge >= 0.3 is 12.0 Å². The lowest BCUT2D eigenvalue weighted by Gasteiger charge is -2.40. The second-order valence-corrected chi connectivity index (χ2v) is 4.14. The molecule has 0 aromatic carbocycles. The number of amides is 2. The Morgan fingerprint density at radius 1 is 1.47 bits per heavy atom. The Labute approximate surface area is 99.1 Å². The molecule has 1 atom stereocenters. The molecule has 0 bridgehead atoms. The Morgan fingerprint density at radius 2 is 2.12 bits per heavy atom. The highest BCUT2D eigenvalue weighted by molar-refractivity contribution is 5.82. The molecule has 7 nitrogen and oxygen atoms in total. The molecule has 1 aliphatic rings. The predicted molar refractivity (Wildman–Crippen MR) is 58.6 cm³/mol. The summed E-state index contributed by atoms with van der Waals surface area (Å²) >= 11 is 0. The zero-order valence-corrected chi connectivity index (χ0v) is 9.73. The first-order chi connectivity index (χ1) is 8.03. The summed E-state index contributed by atoms with van der Waals surface area (Å²) in [5, 5.41) is 22.1. The van der Waals surface area contributed by atoms with E-state index in [1.807, 2.05) is 0 Å². The van der Waals surface area contributed by atoms with Gasteiger partial charge in [-0.1, -0.05) is 0 Å². The van der Waals surface area contributed by atoms with Crippen LogP contribution in [0.25, 0.3) is 0 Å². The molecule has 0 spiro atoms. The second-order valence-electron chi connectivity index (χ2n) is 4.14. The van der Waals surface area contributed by atoms with E-state index in [1.165, 1.54) is 0 Å². The fourth-order valence-electron chi connectivity index (χ4n) is 1.66. The van der Waals surface area contributed by atoms with Crippen LogP contribution in [0.15, 0.2) is 0 Å². The number of nitrogens with one attached hydrogen (secondary N) is 2. The number of aliphatic hydroxyl groups excluding tert-OH is 1. The molecule has 0 aromatic heterocycles. The van der Waals surface area contributed by atoms with Crippen molar-refractivity contribution < 1.29 is 24.5 Å². The van der Waals surface area contributed by atoms with Crippen molar-refractivity contribution >= 4 is 12.0 Å². The summed E-state index contributed by atoms with van der Waals surface area (Å²) in [6.45, 7) is -0.300. The van der Waals surface area contributed by atoms with E-state index in [0.717, 1.165) is 19.3 Å². The number of hydrogen-bond acceptors (Lipinski definition) is 4. The van der Waals surface area contributed by atoms with E-state index in [2.05, 4.69) is 10.6 Å². The van der Waals surface area contributed by atoms with Crippen molar-refractivity contribution in [3.8, 4) is 0 Å². The van der Waals surface area contributed by atoms with Gasteiger partial charge in [0, 0.05) is 13.7 Å². The molecule has 4 N–H and O–H groups in total. The lowest BCUT2D eigenvalue weighted by atomic mass is 9.80. The normalized spacial score (nSPS) is 18.9. The Kier molecular flexibility index (Phi) is 4.71. The van der Waals surface area contributed by atoms with Crippen molar-refractivity contribution in [1.29, 1.82) is 0 Å². The van der Waals surface area contributed by atoms with Crippen molar-refractivity contribution in [1.82, 2.24) is 10.6 Å². The summed E-state index contributed by atoms with van der Waals surface area (Å²) in [5.74, 6) is -1.27. The van der Waals surface area contributed by atoms with Crippen molar-refractivity contribution in [3.63, 3.8) is 0 Å². The topological polar surface area (TPSA) is 108 Å². The number of carbonyl (C=O) groups is 2. The van der Waals surface area contributed by atoms with Crippen molar-refractivity contribution in [3.05, 3.63) is 0 Å². The molecule has 2 amide bonds. The van der Waals surface area contributed by atoms with Crippen molar-refractivity contribution in [2.24, 2.45) is 0 Å². The van der Waals surface area contributed by atoms with E-state index < -0.39 is 24.6 Å². The minimum absolute atomic E-state index is 0.310. The molecule has 0 unspecified atom stereocenters. The van der Waals surface area contributed by atoms with Gasteiger partial charge in [-0.25, -0.2) is 9.59 Å². The number of hydrogen-bond donors (Lipinski definition) is 4. The Hall–Kier alpha value is -1.34. The van der Waals surface area contributed by atoms with Crippen molar-refractivity contribution in [2.75, 3.05) is 20.3 Å². The third-order valence-corrected chi connectivity index (χ3v) is 3.05. The molecular formula is C10H18N2O5. The average molecular weight is 246 g/mol. The largest absolute Gasteiger partial charge is 0.480 e. The minimum atomic E-state index is -1.28. The number of aliphatic carboxylic acids is 1. The molecule has 7 heteroatoms. The van der Waals surface area contributed by atoms with Crippen LogP contribution in [0, 0.1) is 0 Å². The first-order valence-electron chi connectivity index (χ1n) is 5.46. The van der Waals surface area contributed by atoms with Crippen LogP contribution in [0.4, 0.5) is 4.79 Å². The highest BCUT2D eigenvalue weighted by Crippen LogP contribution is 2.34. The van der Waals surface area contributed by atoms with Gasteiger partial charge in [0.2, 0.25) is 0 Å². The van der Waals surface area contributed by atoms with Crippen LogP contribution in [0.2, 0.25) is 0 Å². The minimum Gasteiger partial charge on any atom is -0.480 e. The van der Waals surface area contributed by atoms with Crippen LogP contribution < -0.4 is 10.6 Å². The number of methoxy groups -OCH3 is 1. The summed E-state index contributed by atoms with van der Waals surface area (Å²) < 4.78 is 5.29. The fraction of sp³-hybridized carbons (Fsp3) is 0.800. The zero-order valence-electron chi connectivity index (χ0n) is 9.73. The van der Waals surface area contributed by atoms with Crippen LogP contribution in [0.5, 0.6) is 0 Å². The smallest absolute Gasteiger partial charge is 0.328 e. The standard InChI is InChI=1S/C10H18N2O5/c1-17-10(3-2-4-10)6-11-9(16)12-7(5-13)8(14)15/h7,13H,2-6H2,1H3,(H,14,15)(H2,11,12,16)/t7-/m0/s1. The molecule has 1 saturated carbocycles. The van der Waals surface area contributed by atoms with Gasteiger partial charge in [0.05, 0.1) is 12.2 Å². The van der Waals surface area contributed by atoms with Gasteiger partial charge in [0.1, 0.15) is 0 Å². The fourth-order valence-corrected chi connectivity index (χ4v) is 1.66. The molecule has 1 fully saturated rings.